The molecule has 5 heteroatoms. The van der Waals surface area contributed by atoms with Gasteiger partial charge in [0.05, 0.1) is 0 Å². The van der Waals surface area contributed by atoms with E-state index in [1.807, 2.05) is 0 Å². The zero-order valence-corrected chi connectivity index (χ0v) is 15.2. The van der Waals surface area contributed by atoms with Crippen molar-refractivity contribution in [2.75, 3.05) is 19.6 Å². The van der Waals surface area contributed by atoms with Gasteiger partial charge >= 0.3 is 90.2 Å². The fourth-order valence-corrected chi connectivity index (χ4v) is 2.39. The van der Waals surface area contributed by atoms with Gasteiger partial charge < -0.3 is 0 Å². The van der Waals surface area contributed by atoms with Gasteiger partial charge in [0.1, 0.15) is 0 Å². The van der Waals surface area contributed by atoms with E-state index in [4.69, 9.17) is 0 Å². The molecule has 0 aliphatic heterocycles. The second-order valence-electron chi connectivity index (χ2n) is 3.07. The average Bonchev–Trinajstić information content (AvgIpc) is 2.47. The maximum atomic E-state index is 2.48. The Balaban J connectivity index is -0.000000480. The Bertz CT molecular complexity index is 213. The number of hydrogen-bond donors (Lipinski definition) is 0. The van der Waals surface area contributed by atoms with Crippen molar-refractivity contribution in [2.24, 2.45) is 0 Å². The first-order valence-corrected chi connectivity index (χ1v) is 6.40. The van der Waals surface area contributed by atoms with Crippen LogP contribution in [0, 0.1) is 0 Å². The zero-order valence-electron chi connectivity index (χ0n) is 9.16. The van der Waals surface area contributed by atoms with Crippen molar-refractivity contribution in [3.05, 3.63) is 21.1 Å². The third kappa shape index (κ3) is 7.17. The Morgan fingerprint density at radius 3 is 2.07 bits per heavy atom. The summed E-state index contributed by atoms with van der Waals surface area (Å²) in [5.41, 5.74) is 1.59. The van der Waals surface area contributed by atoms with Crippen LogP contribution in [0.2, 0.25) is 0 Å². The minimum atomic E-state index is 0. The Labute approximate surface area is 127 Å². The monoisotopic (exact) mass is 438 g/mol. The number of allylic oxidation sites excluding steroid dienone is 2. The van der Waals surface area contributed by atoms with E-state index in [9.17, 15) is 0 Å². The van der Waals surface area contributed by atoms with Crippen molar-refractivity contribution < 1.29 is 24.4 Å². The molecule has 1 aliphatic rings. The molecule has 15 heavy (non-hydrogen) atoms. The van der Waals surface area contributed by atoms with Crippen LogP contribution in [0.15, 0.2) is 21.1 Å². The summed E-state index contributed by atoms with van der Waals surface area (Å²) >= 11 is 1.24. The van der Waals surface area contributed by atoms with Gasteiger partial charge in [-0.15, -0.1) is 37.2 Å². The first-order valence-electron chi connectivity index (χ1n) is 4.60. The van der Waals surface area contributed by atoms with Crippen LogP contribution in [-0.2, 0) is 24.4 Å². The first kappa shape index (κ1) is 21.5. The zero-order chi connectivity index (χ0) is 8.97. The van der Waals surface area contributed by atoms with E-state index in [0.717, 1.165) is 0 Å². The molecule has 0 unspecified atom stereocenters. The van der Waals surface area contributed by atoms with Crippen molar-refractivity contribution in [3.8, 4) is 0 Å². The van der Waals surface area contributed by atoms with Crippen LogP contribution in [0.3, 0.4) is 0 Å². The van der Waals surface area contributed by atoms with Gasteiger partial charge in [0, 0.05) is 0 Å². The fourth-order valence-electron chi connectivity index (χ4n) is 1.39. The molecule has 1 rings (SSSR count). The number of halogens is 3. The van der Waals surface area contributed by atoms with Gasteiger partial charge in [-0.25, -0.2) is 0 Å². The molecule has 0 aromatic heterocycles. The molecule has 0 bridgehead atoms. The number of nitrogens with zero attached hydrogens (tertiary/aromatic N) is 1. The van der Waals surface area contributed by atoms with Crippen LogP contribution in [0.1, 0.15) is 20.3 Å². The van der Waals surface area contributed by atoms with Crippen LogP contribution in [0.5, 0.6) is 0 Å². The maximum Gasteiger partial charge on any atom is -0.147 e. The molecule has 0 spiro atoms. The summed E-state index contributed by atoms with van der Waals surface area (Å²) in [6.07, 6.45) is 5.82. The normalized spacial score (nSPS) is 13.2. The minimum Gasteiger partial charge on any atom is -0.147 e. The van der Waals surface area contributed by atoms with Gasteiger partial charge in [-0.3, -0.25) is 0 Å². The molecule has 1 aliphatic carbocycles. The predicted octanol–water partition coefficient (Wildman–Crippen LogP) is 3.35. The van der Waals surface area contributed by atoms with E-state index < -0.39 is 0 Å². The summed E-state index contributed by atoms with van der Waals surface area (Å²) in [5.74, 6) is 0. The van der Waals surface area contributed by atoms with Crippen LogP contribution in [0.25, 0.3) is 0 Å². The predicted molar refractivity (Wildman–Crippen MR) is 70.3 cm³/mol. The van der Waals surface area contributed by atoms with Gasteiger partial charge in [0.25, 0.3) is 0 Å². The Hall–Kier alpha value is 1.18. The van der Waals surface area contributed by atoms with Crippen LogP contribution in [-0.4, -0.2) is 24.5 Å². The van der Waals surface area contributed by atoms with Gasteiger partial charge in [0.2, 0.25) is 0 Å². The SMILES string of the molecule is CCN(CC)CC1=[C]([Hf])CC=C1.Cl.Cl.Cl. The minimum absolute atomic E-state index is 0. The first-order chi connectivity index (χ1) is 5.77. The average molecular weight is 438 g/mol. The smallest absolute Gasteiger partial charge is 0.147 e. The summed E-state index contributed by atoms with van der Waals surface area (Å²) in [6.45, 7) is 7.97. The van der Waals surface area contributed by atoms with E-state index in [2.05, 4.69) is 30.9 Å². The largest absolute Gasteiger partial charge is 0.147 e. The van der Waals surface area contributed by atoms with Crippen molar-refractivity contribution >= 4 is 37.2 Å². The van der Waals surface area contributed by atoms with E-state index in [-0.39, 0.29) is 37.2 Å². The molecule has 0 saturated heterocycles. The third-order valence-electron chi connectivity index (χ3n) is 2.32. The van der Waals surface area contributed by atoms with Gasteiger partial charge in [-0.1, -0.05) is 0 Å². The molecule has 0 fully saturated rings. The molecule has 0 aromatic rings. The number of hydrogen-bond acceptors (Lipinski definition) is 1. The molecule has 0 atom stereocenters. The fraction of sp³-hybridized carbons (Fsp3) is 0.600. The van der Waals surface area contributed by atoms with Crippen molar-refractivity contribution in [1.82, 2.24) is 4.90 Å². The van der Waals surface area contributed by atoms with Crippen LogP contribution in [0.4, 0.5) is 0 Å². The molecular formula is C10H19Cl3HfN. The molecule has 89 valence electrons. The molecule has 0 N–H and O–H groups in total. The maximum absolute atomic E-state index is 2.48. The van der Waals surface area contributed by atoms with E-state index in [1.165, 1.54) is 50.4 Å². The molecule has 0 aromatic carbocycles. The van der Waals surface area contributed by atoms with Gasteiger partial charge in [-0.05, 0) is 0 Å². The van der Waals surface area contributed by atoms with E-state index in [0.29, 0.717) is 0 Å². The Kier molecular flexibility index (Phi) is 16.7. The number of rotatable bonds is 4. The summed E-state index contributed by atoms with van der Waals surface area (Å²) in [6, 6.07) is 0. The summed E-state index contributed by atoms with van der Waals surface area (Å²) in [5, 5.41) is 0. The molecule has 0 amide bonds. The third-order valence-corrected chi connectivity index (χ3v) is 4.20. The van der Waals surface area contributed by atoms with Crippen LogP contribution < -0.4 is 0 Å². The topological polar surface area (TPSA) is 3.24 Å². The molecule has 1 nitrogen and oxygen atoms in total. The Morgan fingerprint density at radius 2 is 1.73 bits per heavy atom. The van der Waals surface area contributed by atoms with Crippen molar-refractivity contribution in [1.29, 1.82) is 0 Å². The van der Waals surface area contributed by atoms with Crippen LogP contribution >= 0.6 is 37.2 Å². The van der Waals surface area contributed by atoms with Gasteiger partial charge in [-0.2, -0.15) is 0 Å². The van der Waals surface area contributed by atoms with Crippen molar-refractivity contribution in [2.45, 2.75) is 20.3 Å². The van der Waals surface area contributed by atoms with E-state index in [1.54, 1.807) is 8.90 Å². The second kappa shape index (κ2) is 11.7. The molecule has 0 radical (unpaired) electrons. The molecule has 0 saturated carbocycles. The molecular weight excluding hydrogens is 419 g/mol. The summed E-state index contributed by atoms with van der Waals surface area (Å²) in [4.78, 5) is 2.48. The summed E-state index contributed by atoms with van der Waals surface area (Å²) < 4.78 is 1.68. The molecule has 0 heterocycles. The summed E-state index contributed by atoms with van der Waals surface area (Å²) in [7, 11) is 0. The van der Waals surface area contributed by atoms with Crippen molar-refractivity contribution in [3.63, 3.8) is 0 Å². The van der Waals surface area contributed by atoms with E-state index >= 15 is 0 Å². The number of likely N-dealkylation sites (N-methyl/N-ethyl adjacent to an activating group) is 1. The quantitative estimate of drug-likeness (QED) is 0.609. The standard InChI is InChI=1S/C10H16N.3ClH.Hf/c1-3-11(4-2)9-10-7-5-6-8-10;;;;/h5,7H,3-4,6,9H2,1-2H3;3*1H;. The second-order valence-corrected chi connectivity index (χ2v) is 5.24. The Morgan fingerprint density at radius 1 is 1.20 bits per heavy atom. The van der Waals surface area contributed by atoms with Gasteiger partial charge in [0.15, 0.2) is 0 Å².